The minimum absolute atomic E-state index is 0.168. The Morgan fingerprint density at radius 3 is 2.58 bits per heavy atom. The highest BCUT2D eigenvalue weighted by Crippen LogP contribution is 2.31. The number of fused-ring (bicyclic) bond motifs is 1. The minimum atomic E-state index is -0.498. The van der Waals surface area contributed by atoms with E-state index in [9.17, 15) is 10.1 Å². The van der Waals surface area contributed by atoms with Crippen molar-refractivity contribution < 1.29 is 9.66 Å². The molecule has 1 atom stereocenters. The van der Waals surface area contributed by atoms with Gasteiger partial charge in [-0.05, 0) is 36.1 Å². The molecule has 4 rings (SSSR count). The third-order valence-electron chi connectivity index (χ3n) is 4.88. The van der Waals surface area contributed by atoms with Crippen LogP contribution in [0.3, 0.4) is 0 Å². The number of piperazine rings is 1. The van der Waals surface area contributed by atoms with E-state index in [1.165, 1.54) is 11.9 Å². The van der Waals surface area contributed by atoms with Crippen molar-refractivity contribution in [2.45, 2.75) is 19.1 Å². The zero-order chi connectivity index (χ0) is 18.3. The highest BCUT2D eigenvalue weighted by atomic mass is 35.5. The molecule has 0 amide bonds. The van der Waals surface area contributed by atoms with Crippen LogP contribution in [-0.4, -0.2) is 57.7 Å². The summed E-state index contributed by atoms with van der Waals surface area (Å²) in [6.07, 6.45) is 1.44. The molecular formula is C17H20ClN5O3. The van der Waals surface area contributed by atoms with E-state index in [-0.39, 0.29) is 5.82 Å². The lowest BCUT2D eigenvalue weighted by molar-refractivity contribution is -0.389. The number of benzene rings is 1. The van der Waals surface area contributed by atoms with Gasteiger partial charge in [0.15, 0.2) is 0 Å². The molecule has 1 aromatic heterocycles. The molecule has 2 aliphatic rings. The van der Waals surface area contributed by atoms with Gasteiger partial charge in [0.05, 0.1) is 6.54 Å². The molecule has 0 N–H and O–H groups in total. The molecule has 1 aromatic carbocycles. The quantitative estimate of drug-likeness (QED) is 0.601. The first kappa shape index (κ1) is 17.1. The molecule has 2 aromatic rings. The second-order valence-electron chi connectivity index (χ2n) is 7.06. The minimum Gasteiger partial charge on any atom is -0.436 e. The fraction of sp³-hybridized carbons (Fsp3) is 0.471. The smallest absolute Gasteiger partial charge is 0.415 e. The van der Waals surface area contributed by atoms with Crippen LogP contribution in [0.25, 0.3) is 0 Å². The number of nitrogens with zero attached hydrogens (tertiary/aromatic N) is 5. The molecule has 0 unspecified atom stereocenters. The van der Waals surface area contributed by atoms with Crippen LogP contribution in [0.5, 0.6) is 6.01 Å². The summed E-state index contributed by atoms with van der Waals surface area (Å²) < 4.78 is 7.65. The van der Waals surface area contributed by atoms with Gasteiger partial charge in [0.2, 0.25) is 0 Å². The van der Waals surface area contributed by atoms with Gasteiger partial charge in [-0.3, -0.25) is 9.47 Å². The van der Waals surface area contributed by atoms with E-state index in [1.807, 2.05) is 31.2 Å². The molecule has 0 aliphatic carbocycles. The van der Waals surface area contributed by atoms with E-state index < -0.39 is 10.5 Å². The van der Waals surface area contributed by atoms with E-state index in [0.717, 1.165) is 37.7 Å². The van der Waals surface area contributed by atoms with Gasteiger partial charge in [-0.15, -0.1) is 0 Å². The number of rotatable bonds is 4. The Balaban J connectivity index is 1.33. The van der Waals surface area contributed by atoms with Crippen molar-refractivity contribution in [2.75, 3.05) is 37.6 Å². The number of ether oxygens (including phenoxy) is 1. The number of hydrogen-bond acceptors (Lipinski definition) is 6. The largest absolute Gasteiger partial charge is 0.436 e. The second kappa shape index (κ2) is 6.44. The number of halogens is 1. The summed E-state index contributed by atoms with van der Waals surface area (Å²) in [5.41, 5.74) is 0.768. The predicted molar refractivity (Wildman–Crippen MR) is 98.0 cm³/mol. The SMILES string of the molecule is C[C@]1(CN2CCN(c3ccc(Cl)cc3)CC2)Cn2cc([N+](=O)[O-])nc2O1. The summed E-state index contributed by atoms with van der Waals surface area (Å²) in [5.74, 6) is -0.168. The van der Waals surface area contributed by atoms with Crippen LogP contribution in [0, 0.1) is 10.1 Å². The van der Waals surface area contributed by atoms with Crippen molar-refractivity contribution in [1.29, 1.82) is 0 Å². The topological polar surface area (TPSA) is 76.7 Å². The summed E-state index contributed by atoms with van der Waals surface area (Å²) in [7, 11) is 0. The molecule has 1 saturated heterocycles. The predicted octanol–water partition coefficient (Wildman–Crippen LogP) is 2.42. The van der Waals surface area contributed by atoms with Crippen LogP contribution in [0.1, 0.15) is 6.92 Å². The first-order valence-corrected chi connectivity index (χ1v) is 8.93. The van der Waals surface area contributed by atoms with Gasteiger partial charge in [0, 0.05) is 48.4 Å². The van der Waals surface area contributed by atoms with Crippen molar-refractivity contribution in [3.63, 3.8) is 0 Å². The Morgan fingerprint density at radius 2 is 1.96 bits per heavy atom. The fourth-order valence-electron chi connectivity index (χ4n) is 3.65. The lowest BCUT2D eigenvalue weighted by atomic mass is 10.1. The maximum absolute atomic E-state index is 10.8. The van der Waals surface area contributed by atoms with Crippen LogP contribution in [-0.2, 0) is 6.54 Å². The molecule has 9 heteroatoms. The molecule has 26 heavy (non-hydrogen) atoms. The number of aromatic nitrogens is 2. The van der Waals surface area contributed by atoms with E-state index in [4.69, 9.17) is 16.3 Å². The van der Waals surface area contributed by atoms with Crippen molar-refractivity contribution in [2.24, 2.45) is 0 Å². The summed E-state index contributed by atoms with van der Waals surface area (Å²) in [5, 5.41) is 11.6. The fourth-order valence-corrected chi connectivity index (χ4v) is 3.78. The van der Waals surface area contributed by atoms with Crippen molar-refractivity contribution >= 4 is 23.1 Å². The third kappa shape index (κ3) is 3.34. The summed E-state index contributed by atoms with van der Waals surface area (Å²) in [6.45, 7) is 7.11. The molecule has 0 saturated carbocycles. The number of imidazole rings is 1. The van der Waals surface area contributed by atoms with Gasteiger partial charge in [0.25, 0.3) is 0 Å². The first-order valence-electron chi connectivity index (χ1n) is 8.55. The normalized spacial score (nSPS) is 22.9. The zero-order valence-electron chi connectivity index (χ0n) is 14.5. The van der Waals surface area contributed by atoms with E-state index in [2.05, 4.69) is 14.8 Å². The Hall–Kier alpha value is -2.32. The second-order valence-corrected chi connectivity index (χ2v) is 7.49. The van der Waals surface area contributed by atoms with Gasteiger partial charge < -0.3 is 19.8 Å². The van der Waals surface area contributed by atoms with Gasteiger partial charge in [-0.2, -0.15) is 0 Å². The molecule has 0 radical (unpaired) electrons. The lowest BCUT2D eigenvalue weighted by Gasteiger charge is -2.39. The summed E-state index contributed by atoms with van der Waals surface area (Å²) >= 11 is 5.96. The van der Waals surface area contributed by atoms with Crippen LogP contribution in [0.2, 0.25) is 5.02 Å². The van der Waals surface area contributed by atoms with Crippen molar-refractivity contribution in [3.8, 4) is 6.01 Å². The molecule has 2 aliphatic heterocycles. The molecule has 1 fully saturated rings. The van der Waals surface area contributed by atoms with E-state index in [1.54, 1.807) is 4.57 Å². The Kier molecular flexibility index (Phi) is 4.24. The van der Waals surface area contributed by atoms with Crippen molar-refractivity contribution in [1.82, 2.24) is 14.5 Å². The summed E-state index contributed by atoms with van der Waals surface area (Å²) in [4.78, 5) is 19.0. The number of anilines is 1. The van der Waals surface area contributed by atoms with Crippen LogP contribution >= 0.6 is 11.6 Å². The molecule has 0 spiro atoms. The number of hydrogen-bond donors (Lipinski definition) is 0. The maximum atomic E-state index is 10.8. The Morgan fingerprint density at radius 1 is 1.27 bits per heavy atom. The van der Waals surface area contributed by atoms with Gasteiger partial charge in [-0.1, -0.05) is 11.6 Å². The number of nitro groups is 1. The standard InChI is InChI=1S/C17H20ClN5O3/c1-17(12-22-10-15(23(24)25)19-16(22)26-17)11-20-6-8-21(9-7-20)14-4-2-13(18)3-5-14/h2-5,10H,6-9,11-12H2,1H3/t17-/m0/s1. The summed E-state index contributed by atoms with van der Waals surface area (Å²) in [6, 6.07) is 8.25. The van der Waals surface area contributed by atoms with Gasteiger partial charge in [-0.25, -0.2) is 0 Å². The van der Waals surface area contributed by atoms with Gasteiger partial charge in [0.1, 0.15) is 11.8 Å². The Labute approximate surface area is 156 Å². The molecule has 138 valence electrons. The van der Waals surface area contributed by atoms with Crippen molar-refractivity contribution in [3.05, 3.63) is 45.6 Å². The monoisotopic (exact) mass is 377 g/mol. The average Bonchev–Trinajstić information content (AvgIpc) is 3.11. The molecule has 0 bridgehead atoms. The maximum Gasteiger partial charge on any atom is 0.415 e. The van der Waals surface area contributed by atoms with E-state index >= 15 is 0 Å². The van der Waals surface area contributed by atoms with Crippen LogP contribution in [0.15, 0.2) is 30.5 Å². The van der Waals surface area contributed by atoms with E-state index in [0.29, 0.717) is 12.6 Å². The average molecular weight is 378 g/mol. The molecule has 8 nitrogen and oxygen atoms in total. The van der Waals surface area contributed by atoms with Crippen LogP contribution < -0.4 is 9.64 Å². The Bertz CT molecular complexity index is 791. The highest BCUT2D eigenvalue weighted by Gasteiger charge is 2.41. The molecular weight excluding hydrogens is 358 g/mol. The third-order valence-corrected chi connectivity index (χ3v) is 5.13. The lowest BCUT2D eigenvalue weighted by Crippen LogP contribution is -2.52. The highest BCUT2D eigenvalue weighted by molar-refractivity contribution is 6.30. The molecule has 3 heterocycles. The van der Waals surface area contributed by atoms with Gasteiger partial charge >= 0.3 is 11.8 Å². The van der Waals surface area contributed by atoms with Crippen LogP contribution in [0.4, 0.5) is 11.5 Å². The first-order chi connectivity index (χ1) is 12.4. The zero-order valence-corrected chi connectivity index (χ0v) is 15.2.